The van der Waals surface area contributed by atoms with Crippen LogP contribution in [-0.2, 0) is 0 Å². The van der Waals surface area contributed by atoms with Gasteiger partial charge in [0.15, 0.2) is 11.5 Å². The van der Waals surface area contributed by atoms with Gasteiger partial charge in [0.2, 0.25) is 5.72 Å². The van der Waals surface area contributed by atoms with Gasteiger partial charge in [-0.3, -0.25) is 0 Å². The first-order valence-corrected chi connectivity index (χ1v) is 11.1. The van der Waals surface area contributed by atoms with Gasteiger partial charge in [-0.2, -0.15) is 5.10 Å². The van der Waals surface area contributed by atoms with Crippen LogP contribution in [0, 0.1) is 6.92 Å². The Balaban J connectivity index is 1.56. The van der Waals surface area contributed by atoms with E-state index in [0.717, 1.165) is 49.6 Å². The van der Waals surface area contributed by atoms with E-state index in [2.05, 4.69) is 62.2 Å². The third-order valence-corrected chi connectivity index (χ3v) is 7.08. The SMILES string of the molecule is COc1cccc2c1OC1(CC[NH+](C(C)C)CC1)N1N=C(c3ccc(C)cc3)C[C@H]21. The highest BCUT2D eigenvalue weighted by Crippen LogP contribution is 2.52. The van der Waals surface area contributed by atoms with Gasteiger partial charge in [0.25, 0.3) is 0 Å². The molecule has 1 N–H and O–H groups in total. The average molecular weight is 407 g/mol. The molecule has 1 spiro atoms. The Morgan fingerprint density at radius 1 is 1.13 bits per heavy atom. The van der Waals surface area contributed by atoms with Crippen LogP contribution in [0.3, 0.4) is 0 Å². The molecule has 1 fully saturated rings. The summed E-state index contributed by atoms with van der Waals surface area (Å²) >= 11 is 0. The third kappa shape index (κ3) is 3.07. The molecule has 3 heterocycles. The summed E-state index contributed by atoms with van der Waals surface area (Å²) in [5, 5.41) is 7.48. The summed E-state index contributed by atoms with van der Waals surface area (Å²) in [6.45, 7) is 8.93. The van der Waals surface area contributed by atoms with Crippen molar-refractivity contribution in [3.05, 3.63) is 59.2 Å². The van der Waals surface area contributed by atoms with E-state index in [1.807, 2.05) is 6.07 Å². The zero-order chi connectivity index (χ0) is 20.9. The summed E-state index contributed by atoms with van der Waals surface area (Å²) in [6, 6.07) is 15.8. The number of hydrogen-bond acceptors (Lipinski definition) is 4. The van der Waals surface area contributed by atoms with E-state index in [9.17, 15) is 0 Å². The lowest BCUT2D eigenvalue weighted by molar-refractivity contribution is -0.929. The van der Waals surface area contributed by atoms with E-state index in [1.54, 1.807) is 12.0 Å². The average Bonchev–Trinajstić information content (AvgIpc) is 3.21. The Kier molecular flexibility index (Phi) is 4.73. The molecule has 158 valence electrons. The van der Waals surface area contributed by atoms with Crippen LogP contribution in [0.15, 0.2) is 47.6 Å². The highest BCUT2D eigenvalue weighted by molar-refractivity contribution is 6.02. The molecule has 2 aromatic rings. The number of ether oxygens (including phenoxy) is 2. The second-order valence-corrected chi connectivity index (χ2v) is 9.22. The number of hydrazone groups is 1. The molecule has 0 aliphatic carbocycles. The molecular formula is C25H32N3O2+. The van der Waals surface area contributed by atoms with Crippen molar-refractivity contribution in [1.82, 2.24) is 5.01 Å². The molecule has 0 amide bonds. The van der Waals surface area contributed by atoms with Gasteiger partial charge in [-0.05, 0) is 32.4 Å². The van der Waals surface area contributed by atoms with Crippen molar-refractivity contribution in [2.45, 2.75) is 57.8 Å². The normalized spacial score (nSPS) is 27.5. The number of aryl methyl sites for hydroxylation is 1. The Morgan fingerprint density at radius 3 is 2.53 bits per heavy atom. The van der Waals surface area contributed by atoms with E-state index in [1.165, 1.54) is 16.7 Å². The molecule has 0 saturated carbocycles. The second kappa shape index (κ2) is 7.31. The Bertz CT molecular complexity index is 959. The smallest absolute Gasteiger partial charge is 0.209 e. The van der Waals surface area contributed by atoms with Crippen LogP contribution in [0.4, 0.5) is 0 Å². The van der Waals surface area contributed by atoms with Crippen molar-refractivity contribution in [2.75, 3.05) is 20.2 Å². The number of rotatable bonds is 3. The van der Waals surface area contributed by atoms with Crippen molar-refractivity contribution in [2.24, 2.45) is 5.10 Å². The van der Waals surface area contributed by atoms with Crippen LogP contribution >= 0.6 is 0 Å². The number of nitrogens with zero attached hydrogens (tertiary/aromatic N) is 2. The fraction of sp³-hybridized carbons (Fsp3) is 0.480. The minimum absolute atomic E-state index is 0.195. The molecule has 5 heteroatoms. The monoisotopic (exact) mass is 406 g/mol. The van der Waals surface area contributed by atoms with E-state index in [4.69, 9.17) is 14.6 Å². The first-order chi connectivity index (χ1) is 14.5. The van der Waals surface area contributed by atoms with Crippen LogP contribution in [0.1, 0.15) is 55.8 Å². The van der Waals surface area contributed by atoms with E-state index in [0.29, 0.717) is 6.04 Å². The second-order valence-electron chi connectivity index (χ2n) is 9.22. The van der Waals surface area contributed by atoms with Crippen molar-refractivity contribution < 1.29 is 14.4 Å². The zero-order valence-corrected chi connectivity index (χ0v) is 18.4. The van der Waals surface area contributed by atoms with Gasteiger partial charge in [-0.15, -0.1) is 0 Å². The third-order valence-electron chi connectivity index (χ3n) is 7.08. The lowest BCUT2D eigenvalue weighted by Crippen LogP contribution is -3.16. The molecule has 2 aromatic carbocycles. The van der Waals surface area contributed by atoms with E-state index in [-0.39, 0.29) is 6.04 Å². The highest BCUT2D eigenvalue weighted by Gasteiger charge is 2.53. The molecule has 3 aliphatic rings. The summed E-state index contributed by atoms with van der Waals surface area (Å²) in [6.07, 6.45) is 2.84. The van der Waals surface area contributed by atoms with Gasteiger partial charge < -0.3 is 14.4 Å². The number of quaternary nitrogens is 1. The Hall–Kier alpha value is -2.53. The molecule has 1 atom stereocenters. The quantitative estimate of drug-likeness (QED) is 0.850. The number of methoxy groups -OCH3 is 1. The molecular weight excluding hydrogens is 374 g/mol. The molecule has 30 heavy (non-hydrogen) atoms. The molecule has 3 aliphatic heterocycles. The maximum absolute atomic E-state index is 6.81. The van der Waals surface area contributed by atoms with Crippen molar-refractivity contribution in [1.29, 1.82) is 0 Å². The van der Waals surface area contributed by atoms with Crippen LogP contribution in [-0.4, -0.2) is 42.7 Å². The van der Waals surface area contributed by atoms with E-state index < -0.39 is 5.72 Å². The summed E-state index contributed by atoms with van der Waals surface area (Å²) in [5.41, 5.74) is 4.42. The summed E-state index contributed by atoms with van der Waals surface area (Å²) < 4.78 is 12.5. The number of fused-ring (bicyclic) bond motifs is 4. The first kappa shape index (κ1) is 19.4. The van der Waals surface area contributed by atoms with Gasteiger partial charge in [0.1, 0.15) is 0 Å². The van der Waals surface area contributed by atoms with Crippen LogP contribution < -0.4 is 14.4 Å². The van der Waals surface area contributed by atoms with Gasteiger partial charge >= 0.3 is 0 Å². The fourth-order valence-electron chi connectivity index (χ4n) is 5.22. The van der Waals surface area contributed by atoms with E-state index >= 15 is 0 Å². The number of likely N-dealkylation sites (tertiary alicyclic amines) is 1. The van der Waals surface area contributed by atoms with Crippen molar-refractivity contribution in [3.63, 3.8) is 0 Å². The fourth-order valence-corrected chi connectivity index (χ4v) is 5.22. The number of piperidine rings is 1. The Morgan fingerprint density at radius 2 is 1.87 bits per heavy atom. The molecule has 0 radical (unpaired) electrons. The van der Waals surface area contributed by atoms with Crippen LogP contribution in [0.2, 0.25) is 0 Å². The minimum atomic E-state index is -0.392. The molecule has 1 saturated heterocycles. The zero-order valence-electron chi connectivity index (χ0n) is 18.4. The van der Waals surface area contributed by atoms with Crippen molar-refractivity contribution in [3.8, 4) is 11.5 Å². The minimum Gasteiger partial charge on any atom is -0.493 e. The lowest BCUT2D eigenvalue weighted by atomic mass is 9.90. The van der Waals surface area contributed by atoms with Gasteiger partial charge in [-0.25, -0.2) is 5.01 Å². The number of nitrogens with one attached hydrogen (secondary N) is 1. The summed E-state index contributed by atoms with van der Waals surface area (Å²) in [7, 11) is 1.73. The maximum Gasteiger partial charge on any atom is 0.209 e. The predicted molar refractivity (Wildman–Crippen MR) is 118 cm³/mol. The molecule has 0 aromatic heterocycles. The summed E-state index contributed by atoms with van der Waals surface area (Å²) in [4.78, 5) is 1.65. The molecule has 0 unspecified atom stereocenters. The maximum atomic E-state index is 6.81. The largest absolute Gasteiger partial charge is 0.493 e. The number of para-hydroxylation sites is 1. The standard InChI is InChI=1S/C25H31N3O2/c1-17(2)27-14-12-25(13-15-27)28-22(20-6-5-7-23(29-4)24(20)30-25)16-21(26-28)19-10-8-18(3)9-11-19/h5-11,17,22H,12-16H2,1-4H3/p+1/t22-/m1/s1. The van der Waals surface area contributed by atoms with Gasteiger partial charge in [0.05, 0.1) is 50.8 Å². The van der Waals surface area contributed by atoms with Crippen LogP contribution in [0.25, 0.3) is 0 Å². The lowest BCUT2D eigenvalue weighted by Gasteiger charge is -2.50. The van der Waals surface area contributed by atoms with Crippen LogP contribution in [0.5, 0.6) is 11.5 Å². The predicted octanol–water partition coefficient (Wildman–Crippen LogP) is 3.33. The molecule has 0 bridgehead atoms. The number of benzene rings is 2. The summed E-state index contributed by atoms with van der Waals surface area (Å²) in [5.74, 6) is 1.74. The molecule has 5 nitrogen and oxygen atoms in total. The first-order valence-electron chi connectivity index (χ1n) is 11.1. The number of hydrogen-bond donors (Lipinski definition) is 1. The van der Waals surface area contributed by atoms with Crippen molar-refractivity contribution >= 4 is 5.71 Å². The highest BCUT2D eigenvalue weighted by atomic mass is 16.5. The topological polar surface area (TPSA) is 38.5 Å². The van der Waals surface area contributed by atoms with Gasteiger partial charge in [-0.1, -0.05) is 42.0 Å². The molecule has 5 rings (SSSR count). The Labute approximate surface area is 179 Å². The van der Waals surface area contributed by atoms with Gasteiger partial charge in [0, 0.05) is 12.0 Å².